The summed E-state index contributed by atoms with van der Waals surface area (Å²) in [6, 6.07) is 1.75. The van der Waals surface area contributed by atoms with Gasteiger partial charge in [-0.15, -0.1) is 11.3 Å². The van der Waals surface area contributed by atoms with Crippen molar-refractivity contribution in [2.45, 2.75) is 6.92 Å². The van der Waals surface area contributed by atoms with Crippen molar-refractivity contribution in [1.82, 2.24) is 0 Å². The summed E-state index contributed by atoms with van der Waals surface area (Å²) in [5.74, 6) is 0. The maximum absolute atomic E-state index is 10.2. The lowest BCUT2D eigenvalue weighted by atomic mass is 10.3. The molecule has 12 heavy (non-hydrogen) atoms. The molecule has 0 aromatic carbocycles. The van der Waals surface area contributed by atoms with Crippen molar-refractivity contribution in [3.05, 3.63) is 37.2 Å². The van der Waals surface area contributed by atoms with Crippen LogP contribution in [-0.2, 0) is 0 Å². The molecule has 1 rings (SSSR count). The second-order valence-electron chi connectivity index (χ2n) is 2.19. The van der Waals surface area contributed by atoms with Gasteiger partial charge in [0.1, 0.15) is 4.34 Å². The van der Waals surface area contributed by atoms with Gasteiger partial charge >= 0.3 is 0 Å². The van der Waals surface area contributed by atoms with Gasteiger partial charge in [0.25, 0.3) is 0 Å². The van der Waals surface area contributed by atoms with E-state index < -0.39 is 4.92 Å². The molecule has 0 saturated heterocycles. The molecule has 64 valence electrons. The summed E-state index contributed by atoms with van der Waals surface area (Å²) in [5.41, 5.74) is 0.797. The molecule has 1 aromatic heterocycles. The van der Waals surface area contributed by atoms with Crippen molar-refractivity contribution in [2.75, 3.05) is 0 Å². The molecule has 0 saturated carbocycles. The molecule has 3 nitrogen and oxygen atoms in total. The van der Waals surface area contributed by atoms with Gasteiger partial charge in [-0.3, -0.25) is 10.1 Å². The van der Waals surface area contributed by atoms with Crippen LogP contribution in [0.2, 0.25) is 4.34 Å². The number of thiophene rings is 1. The predicted molar refractivity (Wildman–Crippen MR) is 50.0 cm³/mol. The van der Waals surface area contributed by atoms with Gasteiger partial charge in [-0.2, -0.15) is 0 Å². The molecule has 0 N–H and O–H groups in total. The molecule has 0 aliphatic carbocycles. The van der Waals surface area contributed by atoms with Crippen molar-refractivity contribution in [3.8, 4) is 0 Å². The summed E-state index contributed by atoms with van der Waals surface area (Å²) in [4.78, 5) is 9.80. The third-order valence-corrected chi connectivity index (χ3v) is 2.50. The summed E-state index contributed by atoms with van der Waals surface area (Å²) in [5, 5.41) is 12.0. The first kappa shape index (κ1) is 9.22. The summed E-state index contributed by atoms with van der Waals surface area (Å²) < 4.78 is 0.580. The van der Waals surface area contributed by atoms with Gasteiger partial charge in [0.15, 0.2) is 0 Å². The minimum absolute atomic E-state index is 0.0929. The molecule has 1 aromatic rings. The van der Waals surface area contributed by atoms with E-state index in [0.717, 1.165) is 0 Å². The molecule has 5 heteroatoms. The molecular weight excluding hydrogens is 198 g/mol. The van der Waals surface area contributed by atoms with E-state index >= 15 is 0 Å². The molecule has 0 atom stereocenters. The highest BCUT2D eigenvalue weighted by Crippen LogP contribution is 2.24. The van der Waals surface area contributed by atoms with Crippen LogP contribution in [-0.4, -0.2) is 4.92 Å². The third kappa shape index (κ3) is 2.06. The molecule has 0 fully saturated rings. The Morgan fingerprint density at radius 2 is 2.50 bits per heavy atom. The van der Waals surface area contributed by atoms with Gasteiger partial charge in [-0.05, 0) is 11.4 Å². The summed E-state index contributed by atoms with van der Waals surface area (Å²) in [7, 11) is 0. The second kappa shape index (κ2) is 3.69. The Balaban J connectivity index is 2.95. The van der Waals surface area contributed by atoms with Crippen molar-refractivity contribution < 1.29 is 4.92 Å². The van der Waals surface area contributed by atoms with E-state index in [1.165, 1.54) is 24.3 Å². The van der Waals surface area contributed by atoms with E-state index in [1.54, 1.807) is 11.4 Å². The largest absolute Gasteiger partial charge is 0.259 e. The first-order chi connectivity index (χ1) is 5.61. The Bertz CT molecular complexity index is 332. The number of hydrogen-bond acceptors (Lipinski definition) is 3. The van der Waals surface area contributed by atoms with Gasteiger partial charge in [-0.1, -0.05) is 11.6 Å². The van der Waals surface area contributed by atoms with Crippen LogP contribution in [0.1, 0.15) is 12.5 Å². The van der Waals surface area contributed by atoms with Gasteiger partial charge in [0, 0.05) is 18.6 Å². The summed E-state index contributed by atoms with van der Waals surface area (Å²) in [6.45, 7) is 1.44. The lowest BCUT2D eigenvalue weighted by Gasteiger charge is -1.89. The molecule has 0 bridgehead atoms. The summed E-state index contributed by atoms with van der Waals surface area (Å²) in [6.07, 6.45) is 1.46. The van der Waals surface area contributed by atoms with Crippen molar-refractivity contribution >= 4 is 29.0 Å². The molecule has 0 aliphatic rings. The van der Waals surface area contributed by atoms with Crippen LogP contribution in [0, 0.1) is 10.1 Å². The Morgan fingerprint density at radius 3 is 2.92 bits per heavy atom. The van der Waals surface area contributed by atoms with Crippen molar-refractivity contribution in [2.24, 2.45) is 0 Å². The fourth-order valence-electron chi connectivity index (χ4n) is 0.683. The number of hydrogen-bond donors (Lipinski definition) is 0. The van der Waals surface area contributed by atoms with Crippen LogP contribution < -0.4 is 0 Å². The number of nitro groups is 1. The molecule has 0 amide bonds. The highest BCUT2D eigenvalue weighted by molar-refractivity contribution is 7.14. The first-order valence-electron chi connectivity index (χ1n) is 3.17. The molecule has 0 unspecified atom stereocenters. The average molecular weight is 204 g/mol. The van der Waals surface area contributed by atoms with Crippen molar-refractivity contribution in [1.29, 1.82) is 0 Å². The Morgan fingerprint density at radius 1 is 1.83 bits per heavy atom. The Labute approximate surface area is 78.4 Å². The lowest BCUT2D eigenvalue weighted by Crippen LogP contribution is -1.92. The van der Waals surface area contributed by atoms with Gasteiger partial charge in [0.2, 0.25) is 5.70 Å². The van der Waals surface area contributed by atoms with Crippen LogP contribution >= 0.6 is 22.9 Å². The smallest absolute Gasteiger partial charge is 0.243 e. The fraction of sp³-hybridized carbons (Fsp3) is 0.143. The van der Waals surface area contributed by atoms with E-state index in [2.05, 4.69) is 0 Å². The first-order valence-corrected chi connectivity index (χ1v) is 4.42. The van der Waals surface area contributed by atoms with Gasteiger partial charge < -0.3 is 0 Å². The standard InChI is InChI=1S/C7H6ClNO2S/c1-5(9(10)11)4-6-2-3-12-7(6)8/h2-4H,1H3/b5-4+. The maximum atomic E-state index is 10.2. The lowest BCUT2D eigenvalue weighted by molar-refractivity contribution is -0.422. The SMILES string of the molecule is C/C(=C\c1ccsc1Cl)[N+](=O)[O-]. The van der Waals surface area contributed by atoms with E-state index in [4.69, 9.17) is 11.6 Å². The zero-order valence-corrected chi connectivity index (χ0v) is 7.85. The second-order valence-corrected chi connectivity index (χ2v) is 3.71. The highest BCUT2D eigenvalue weighted by Gasteiger charge is 2.04. The normalized spacial score (nSPS) is 11.7. The molecule has 0 radical (unpaired) electrons. The van der Waals surface area contributed by atoms with Gasteiger partial charge in [-0.25, -0.2) is 0 Å². The van der Waals surface area contributed by atoms with Crippen LogP contribution in [0.25, 0.3) is 6.08 Å². The topological polar surface area (TPSA) is 43.1 Å². The van der Waals surface area contributed by atoms with Gasteiger partial charge in [0.05, 0.1) is 4.92 Å². The van der Waals surface area contributed by atoms with Crippen LogP contribution in [0.15, 0.2) is 17.1 Å². The molecule has 0 spiro atoms. The quantitative estimate of drug-likeness (QED) is 0.548. The van der Waals surface area contributed by atoms with E-state index in [-0.39, 0.29) is 5.70 Å². The van der Waals surface area contributed by atoms with E-state index in [0.29, 0.717) is 9.90 Å². The number of allylic oxidation sites excluding steroid dienone is 1. The number of rotatable bonds is 2. The predicted octanol–water partition coefficient (Wildman–Crippen LogP) is 3.04. The average Bonchev–Trinajstić information content (AvgIpc) is 2.36. The van der Waals surface area contributed by atoms with Crippen LogP contribution in [0.5, 0.6) is 0 Å². The molecule has 1 heterocycles. The fourth-order valence-corrected chi connectivity index (χ4v) is 1.55. The highest BCUT2D eigenvalue weighted by atomic mass is 35.5. The van der Waals surface area contributed by atoms with Crippen molar-refractivity contribution in [3.63, 3.8) is 0 Å². The van der Waals surface area contributed by atoms with E-state index in [1.807, 2.05) is 0 Å². The monoisotopic (exact) mass is 203 g/mol. The third-order valence-electron chi connectivity index (χ3n) is 1.30. The Hall–Kier alpha value is -0.870. The van der Waals surface area contributed by atoms with Crippen LogP contribution in [0.3, 0.4) is 0 Å². The van der Waals surface area contributed by atoms with Crippen LogP contribution in [0.4, 0.5) is 0 Å². The molecular formula is C7H6ClNO2S. The number of halogens is 1. The summed E-state index contributed by atoms with van der Waals surface area (Å²) >= 11 is 7.10. The maximum Gasteiger partial charge on any atom is 0.243 e. The minimum Gasteiger partial charge on any atom is -0.259 e. The number of nitrogens with zero attached hydrogens (tertiary/aromatic N) is 1. The zero-order valence-electron chi connectivity index (χ0n) is 6.28. The molecule has 0 aliphatic heterocycles. The minimum atomic E-state index is -0.437. The Kier molecular flexibility index (Phi) is 2.83. The zero-order chi connectivity index (χ0) is 9.14. The van der Waals surface area contributed by atoms with E-state index in [9.17, 15) is 10.1 Å².